The summed E-state index contributed by atoms with van der Waals surface area (Å²) in [4.78, 5) is 23.3. The van der Waals surface area contributed by atoms with E-state index >= 15 is 0 Å². The van der Waals surface area contributed by atoms with E-state index in [4.69, 9.17) is 23.2 Å². The van der Waals surface area contributed by atoms with Gasteiger partial charge in [-0.3, -0.25) is 14.9 Å². The third-order valence-corrected chi connectivity index (χ3v) is 5.72. The Morgan fingerprint density at radius 1 is 1.30 bits per heavy atom. The molecule has 1 aromatic carbocycles. The van der Waals surface area contributed by atoms with Gasteiger partial charge in [-0.05, 0) is 24.5 Å². The number of imide groups is 1. The minimum atomic E-state index is -0.865. The van der Waals surface area contributed by atoms with Crippen LogP contribution in [-0.2, 0) is 16.0 Å². The molecule has 0 aromatic heterocycles. The molecule has 3 N–H and O–H groups in total. The number of hydrogen-bond donors (Lipinski definition) is 3. The molecule has 2 amide bonds. The first kappa shape index (κ1) is 16.3. The standard InChI is InChI=1S/C16H15Cl2NO4/c1-3-16(2)5-6-4-7(9-12(20)15(23)19-14(9)22)10(17)11(18)8(6)13(16)21/h4,13,21H,3,5H2,1-2H3,(H2,19,20,22,23). The highest BCUT2D eigenvalue weighted by Crippen LogP contribution is 2.52. The average Bonchev–Trinajstić information content (AvgIpc) is 2.90. The molecule has 2 aliphatic rings. The molecule has 0 fully saturated rings. The molecule has 0 spiro atoms. The Morgan fingerprint density at radius 2 is 1.96 bits per heavy atom. The number of fused-ring (bicyclic) bond motifs is 1. The van der Waals surface area contributed by atoms with E-state index in [1.54, 1.807) is 6.07 Å². The van der Waals surface area contributed by atoms with E-state index in [0.29, 0.717) is 12.0 Å². The molecule has 122 valence electrons. The zero-order chi connectivity index (χ0) is 17.1. The van der Waals surface area contributed by atoms with Crippen LogP contribution >= 0.6 is 23.2 Å². The first-order chi connectivity index (χ1) is 10.7. The van der Waals surface area contributed by atoms with Gasteiger partial charge >= 0.3 is 0 Å². The monoisotopic (exact) mass is 355 g/mol. The second-order valence-electron chi connectivity index (χ2n) is 6.22. The molecule has 2 atom stereocenters. The number of nitrogens with one attached hydrogen (secondary N) is 1. The molecule has 23 heavy (non-hydrogen) atoms. The summed E-state index contributed by atoms with van der Waals surface area (Å²) < 4.78 is 0. The van der Waals surface area contributed by atoms with Crippen molar-refractivity contribution in [1.29, 1.82) is 0 Å². The molecule has 0 radical (unpaired) electrons. The highest BCUT2D eigenvalue weighted by atomic mass is 35.5. The number of aliphatic hydroxyl groups excluding tert-OH is 2. The lowest BCUT2D eigenvalue weighted by Crippen LogP contribution is -2.23. The summed E-state index contributed by atoms with van der Waals surface area (Å²) in [5, 5.41) is 22.6. The molecule has 3 rings (SSSR count). The summed E-state index contributed by atoms with van der Waals surface area (Å²) in [6, 6.07) is 1.62. The maximum atomic E-state index is 11.9. The van der Waals surface area contributed by atoms with E-state index < -0.39 is 23.7 Å². The number of rotatable bonds is 2. The molecular formula is C16H15Cl2NO4. The summed E-state index contributed by atoms with van der Waals surface area (Å²) in [5.74, 6) is -2.26. The molecular weight excluding hydrogens is 341 g/mol. The van der Waals surface area contributed by atoms with E-state index in [0.717, 1.165) is 12.0 Å². The lowest BCUT2D eigenvalue weighted by molar-refractivity contribution is -0.124. The fourth-order valence-corrected chi connectivity index (χ4v) is 3.79. The topological polar surface area (TPSA) is 86.6 Å². The van der Waals surface area contributed by atoms with Crippen LogP contribution in [0, 0.1) is 5.41 Å². The molecule has 1 heterocycles. The van der Waals surface area contributed by atoms with Gasteiger partial charge in [-0.15, -0.1) is 0 Å². The van der Waals surface area contributed by atoms with Crippen LogP contribution in [-0.4, -0.2) is 22.0 Å². The van der Waals surface area contributed by atoms with Gasteiger partial charge < -0.3 is 10.2 Å². The number of halogens is 2. The van der Waals surface area contributed by atoms with Crippen molar-refractivity contribution < 1.29 is 19.8 Å². The van der Waals surface area contributed by atoms with Gasteiger partial charge in [0.1, 0.15) is 0 Å². The van der Waals surface area contributed by atoms with Crippen LogP contribution in [0.15, 0.2) is 11.8 Å². The molecule has 0 bridgehead atoms. The van der Waals surface area contributed by atoms with Crippen molar-refractivity contribution in [3.63, 3.8) is 0 Å². The largest absolute Gasteiger partial charge is 0.502 e. The Hall–Kier alpha value is -1.56. The van der Waals surface area contributed by atoms with Crippen LogP contribution in [0.25, 0.3) is 5.57 Å². The van der Waals surface area contributed by atoms with Gasteiger partial charge in [-0.25, -0.2) is 0 Å². The van der Waals surface area contributed by atoms with Crippen LogP contribution < -0.4 is 5.32 Å². The minimum absolute atomic E-state index is 0.0382. The number of amides is 2. The molecule has 0 saturated heterocycles. The predicted octanol–water partition coefficient (Wildman–Crippen LogP) is 2.92. The highest BCUT2D eigenvalue weighted by Gasteiger charge is 2.43. The van der Waals surface area contributed by atoms with Crippen molar-refractivity contribution in [1.82, 2.24) is 5.32 Å². The molecule has 1 aromatic rings. The fraction of sp³-hybridized carbons (Fsp3) is 0.375. The second-order valence-corrected chi connectivity index (χ2v) is 6.97. The first-order valence-corrected chi connectivity index (χ1v) is 7.95. The second kappa shape index (κ2) is 5.23. The number of hydrogen-bond acceptors (Lipinski definition) is 4. The van der Waals surface area contributed by atoms with E-state index in [9.17, 15) is 19.8 Å². The average molecular weight is 356 g/mol. The first-order valence-electron chi connectivity index (χ1n) is 7.19. The molecule has 1 aliphatic carbocycles. The minimum Gasteiger partial charge on any atom is -0.502 e. The molecule has 0 saturated carbocycles. The van der Waals surface area contributed by atoms with Gasteiger partial charge in [-0.2, -0.15) is 0 Å². The maximum Gasteiger partial charge on any atom is 0.293 e. The van der Waals surface area contributed by atoms with Crippen molar-refractivity contribution in [2.24, 2.45) is 5.41 Å². The molecule has 1 aliphatic heterocycles. The lowest BCUT2D eigenvalue weighted by Gasteiger charge is -2.26. The number of aliphatic hydroxyl groups is 2. The van der Waals surface area contributed by atoms with Crippen molar-refractivity contribution >= 4 is 40.6 Å². The summed E-state index contributed by atoms with van der Waals surface area (Å²) in [7, 11) is 0. The Bertz CT molecular complexity index is 787. The zero-order valence-electron chi connectivity index (χ0n) is 12.5. The number of carbonyl (C=O) groups is 2. The van der Waals surface area contributed by atoms with Crippen LogP contribution in [0.3, 0.4) is 0 Å². The summed E-state index contributed by atoms with van der Waals surface area (Å²) in [6.45, 7) is 3.92. The van der Waals surface area contributed by atoms with E-state index in [1.165, 1.54) is 0 Å². The van der Waals surface area contributed by atoms with Crippen LogP contribution in [0.4, 0.5) is 0 Å². The van der Waals surface area contributed by atoms with Gasteiger partial charge in [0, 0.05) is 16.5 Å². The molecule has 7 heteroatoms. The van der Waals surface area contributed by atoms with Crippen molar-refractivity contribution in [2.45, 2.75) is 32.8 Å². The summed E-state index contributed by atoms with van der Waals surface area (Å²) in [5.41, 5.74) is 0.944. The predicted molar refractivity (Wildman–Crippen MR) is 86.2 cm³/mol. The smallest absolute Gasteiger partial charge is 0.293 e. The summed E-state index contributed by atoms with van der Waals surface area (Å²) in [6.07, 6.45) is 0.537. The fourth-order valence-electron chi connectivity index (χ4n) is 3.21. The van der Waals surface area contributed by atoms with Crippen molar-refractivity contribution in [3.8, 4) is 0 Å². The molecule has 2 unspecified atom stereocenters. The lowest BCUT2D eigenvalue weighted by atomic mass is 9.82. The van der Waals surface area contributed by atoms with Crippen LogP contribution in [0.2, 0.25) is 10.0 Å². The Kier molecular flexibility index (Phi) is 3.71. The van der Waals surface area contributed by atoms with Gasteiger partial charge in [0.2, 0.25) is 0 Å². The van der Waals surface area contributed by atoms with Gasteiger partial charge in [0.15, 0.2) is 5.76 Å². The van der Waals surface area contributed by atoms with E-state index in [-0.39, 0.29) is 26.6 Å². The maximum absolute atomic E-state index is 11.9. The molecule has 5 nitrogen and oxygen atoms in total. The van der Waals surface area contributed by atoms with Gasteiger partial charge in [0.25, 0.3) is 11.8 Å². The van der Waals surface area contributed by atoms with E-state index in [1.807, 2.05) is 19.2 Å². The Morgan fingerprint density at radius 3 is 2.48 bits per heavy atom. The third-order valence-electron chi connectivity index (χ3n) is 4.84. The number of carbonyl (C=O) groups excluding carboxylic acids is 2. The summed E-state index contributed by atoms with van der Waals surface area (Å²) >= 11 is 12.6. The van der Waals surface area contributed by atoms with Crippen molar-refractivity contribution in [2.75, 3.05) is 0 Å². The Labute approximate surface area is 142 Å². The zero-order valence-corrected chi connectivity index (χ0v) is 14.0. The van der Waals surface area contributed by atoms with E-state index in [2.05, 4.69) is 0 Å². The third kappa shape index (κ3) is 2.18. The normalized spacial score (nSPS) is 26.7. The van der Waals surface area contributed by atoms with Crippen molar-refractivity contribution in [3.05, 3.63) is 38.6 Å². The Balaban J connectivity index is 2.23. The van der Waals surface area contributed by atoms with Gasteiger partial charge in [-0.1, -0.05) is 37.0 Å². The van der Waals surface area contributed by atoms with Gasteiger partial charge in [0.05, 0.1) is 21.7 Å². The van der Waals surface area contributed by atoms with Crippen LogP contribution in [0.1, 0.15) is 43.1 Å². The quantitative estimate of drug-likeness (QED) is 0.711. The SMILES string of the molecule is CCC1(C)Cc2cc(C3=C(O)C(=O)NC3=O)c(Cl)c(Cl)c2C1O. The van der Waals surface area contributed by atoms with Crippen LogP contribution in [0.5, 0.6) is 0 Å². The number of benzene rings is 1. The highest BCUT2D eigenvalue weighted by molar-refractivity contribution is 6.46.